The number of nitrogens with two attached hydrogens (primary N) is 1. The second kappa shape index (κ2) is 7.87. The molecule has 1 atom stereocenters. The Morgan fingerprint density at radius 2 is 2.36 bits per heavy atom. The van der Waals surface area contributed by atoms with Gasteiger partial charge in [-0.15, -0.1) is 0 Å². The molecule has 120 valence electrons. The number of amides is 1. The second-order valence-electron chi connectivity index (χ2n) is 6.06. The number of ether oxygens (including phenoxy) is 1. The molecule has 1 aliphatic rings. The van der Waals surface area contributed by atoms with E-state index >= 15 is 0 Å². The zero-order valence-electron chi connectivity index (χ0n) is 13.4. The van der Waals surface area contributed by atoms with Crippen molar-refractivity contribution in [1.82, 2.24) is 4.90 Å². The Morgan fingerprint density at radius 3 is 3.05 bits per heavy atom. The molecule has 0 aliphatic carbocycles. The standard InChI is InChI=1S/C18H26N2O2/c1-3-11-22-17-8-6-15(12-16(17)19)7-9-18(21)20-10-4-5-14(2)13-20/h3,6,8,12,14H,1,4-5,7,9-11,13,19H2,2H3. The van der Waals surface area contributed by atoms with E-state index in [2.05, 4.69) is 13.5 Å². The van der Waals surface area contributed by atoms with Crippen LogP contribution in [-0.4, -0.2) is 30.5 Å². The smallest absolute Gasteiger partial charge is 0.222 e. The lowest BCUT2D eigenvalue weighted by Gasteiger charge is -2.31. The Hall–Kier alpha value is -1.97. The van der Waals surface area contributed by atoms with Crippen LogP contribution in [0.4, 0.5) is 5.69 Å². The first-order valence-electron chi connectivity index (χ1n) is 8.00. The van der Waals surface area contributed by atoms with Crippen LogP contribution in [0.25, 0.3) is 0 Å². The maximum Gasteiger partial charge on any atom is 0.222 e. The molecule has 1 saturated heterocycles. The Bertz CT molecular complexity index is 528. The Morgan fingerprint density at radius 1 is 1.55 bits per heavy atom. The van der Waals surface area contributed by atoms with Crippen LogP contribution >= 0.6 is 0 Å². The van der Waals surface area contributed by atoms with Crippen LogP contribution in [-0.2, 0) is 11.2 Å². The second-order valence-corrected chi connectivity index (χ2v) is 6.06. The summed E-state index contributed by atoms with van der Waals surface area (Å²) in [4.78, 5) is 14.3. The number of benzene rings is 1. The third kappa shape index (κ3) is 4.52. The number of nitrogen functional groups attached to an aromatic ring is 1. The van der Waals surface area contributed by atoms with Gasteiger partial charge < -0.3 is 15.4 Å². The number of piperidine rings is 1. The van der Waals surface area contributed by atoms with Crippen molar-refractivity contribution in [3.05, 3.63) is 36.4 Å². The third-order valence-corrected chi connectivity index (χ3v) is 4.07. The van der Waals surface area contributed by atoms with Gasteiger partial charge in [-0.25, -0.2) is 0 Å². The SMILES string of the molecule is C=CCOc1ccc(CCC(=O)N2CCCC(C)C2)cc1N. The van der Waals surface area contributed by atoms with Crippen molar-refractivity contribution in [2.45, 2.75) is 32.6 Å². The van der Waals surface area contributed by atoms with E-state index in [0.717, 1.165) is 31.5 Å². The number of hydrogen-bond acceptors (Lipinski definition) is 3. The van der Waals surface area contributed by atoms with Crippen LogP contribution in [0.1, 0.15) is 31.7 Å². The first-order valence-corrected chi connectivity index (χ1v) is 8.00. The summed E-state index contributed by atoms with van der Waals surface area (Å²) < 4.78 is 5.46. The minimum Gasteiger partial charge on any atom is -0.487 e. The van der Waals surface area contributed by atoms with Crippen molar-refractivity contribution < 1.29 is 9.53 Å². The molecule has 0 saturated carbocycles. The van der Waals surface area contributed by atoms with Crippen LogP contribution < -0.4 is 10.5 Å². The molecule has 1 aromatic carbocycles. The third-order valence-electron chi connectivity index (χ3n) is 4.07. The van der Waals surface area contributed by atoms with Gasteiger partial charge in [0.2, 0.25) is 5.91 Å². The van der Waals surface area contributed by atoms with E-state index in [1.54, 1.807) is 6.08 Å². The summed E-state index contributed by atoms with van der Waals surface area (Å²) in [5, 5.41) is 0. The van der Waals surface area contributed by atoms with Crippen LogP contribution in [0.2, 0.25) is 0 Å². The minimum absolute atomic E-state index is 0.247. The van der Waals surface area contributed by atoms with E-state index in [1.165, 1.54) is 6.42 Å². The molecule has 1 heterocycles. The number of anilines is 1. The molecule has 1 aromatic rings. The molecule has 0 spiro atoms. The topological polar surface area (TPSA) is 55.6 Å². The van der Waals surface area contributed by atoms with Crippen molar-refractivity contribution in [2.75, 3.05) is 25.4 Å². The summed E-state index contributed by atoms with van der Waals surface area (Å²) >= 11 is 0. The normalized spacial score (nSPS) is 18.0. The van der Waals surface area contributed by atoms with E-state index in [4.69, 9.17) is 10.5 Å². The number of carbonyl (C=O) groups excluding carboxylic acids is 1. The van der Waals surface area contributed by atoms with Gasteiger partial charge in [0.25, 0.3) is 0 Å². The Kier molecular flexibility index (Phi) is 5.87. The summed E-state index contributed by atoms with van der Waals surface area (Å²) in [6, 6.07) is 5.73. The van der Waals surface area contributed by atoms with Crippen molar-refractivity contribution in [1.29, 1.82) is 0 Å². The molecule has 2 N–H and O–H groups in total. The maximum atomic E-state index is 12.3. The highest BCUT2D eigenvalue weighted by Crippen LogP contribution is 2.23. The monoisotopic (exact) mass is 302 g/mol. The zero-order chi connectivity index (χ0) is 15.9. The molecule has 2 rings (SSSR count). The molecule has 0 radical (unpaired) electrons. The fourth-order valence-electron chi connectivity index (χ4n) is 2.86. The van der Waals surface area contributed by atoms with Crippen molar-refractivity contribution in [3.63, 3.8) is 0 Å². The van der Waals surface area contributed by atoms with Crippen molar-refractivity contribution in [3.8, 4) is 5.75 Å². The molecule has 22 heavy (non-hydrogen) atoms. The van der Waals surface area contributed by atoms with Crippen LogP contribution in [0, 0.1) is 5.92 Å². The average molecular weight is 302 g/mol. The molecular formula is C18H26N2O2. The Labute approximate surface area is 132 Å². The number of likely N-dealkylation sites (tertiary alicyclic amines) is 1. The maximum absolute atomic E-state index is 12.3. The predicted octanol–water partition coefficient (Wildman–Crippen LogP) is 3.02. The summed E-state index contributed by atoms with van der Waals surface area (Å²) in [6.07, 6.45) is 5.29. The average Bonchev–Trinajstić information content (AvgIpc) is 2.51. The highest BCUT2D eigenvalue weighted by Gasteiger charge is 2.20. The quantitative estimate of drug-likeness (QED) is 0.649. The van der Waals surface area contributed by atoms with E-state index < -0.39 is 0 Å². The van der Waals surface area contributed by atoms with Crippen molar-refractivity contribution >= 4 is 11.6 Å². The van der Waals surface area contributed by atoms with Crippen LogP contribution in [0.15, 0.2) is 30.9 Å². The van der Waals surface area contributed by atoms with Crippen LogP contribution in [0.5, 0.6) is 5.75 Å². The van der Waals surface area contributed by atoms with Crippen molar-refractivity contribution in [2.24, 2.45) is 5.92 Å². The lowest BCUT2D eigenvalue weighted by molar-refractivity contribution is -0.132. The minimum atomic E-state index is 0.247. The number of hydrogen-bond donors (Lipinski definition) is 1. The molecular weight excluding hydrogens is 276 g/mol. The number of carbonyl (C=O) groups is 1. The van der Waals surface area contributed by atoms with E-state index in [0.29, 0.717) is 30.4 Å². The van der Waals surface area contributed by atoms with Gasteiger partial charge >= 0.3 is 0 Å². The van der Waals surface area contributed by atoms with Gasteiger partial charge in [-0.1, -0.05) is 25.6 Å². The largest absolute Gasteiger partial charge is 0.487 e. The molecule has 4 heteroatoms. The number of aryl methyl sites for hydroxylation is 1. The number of rotatable bonds is 6. The molecule has 1 unspecified atom stereocenters. The predicted molar refractivity (Wildman–Crippen MR) is 89.8 cm³/mol. The summed E-state index contributed by atoms with van der Waals surface area (Å²) in [6.45, 7) is 8.06. The number of nitrogens with zero attached hydrogens (tertiary/aromatic N) is 1. The zero-order valence-corrected chi connectivity index (χ0v) is 13.4. The molecule has 0 aromatic heterocycles. The van der Waals surface area contributed by atoms with E-state index in [-0.39, 0.29) is 5.91 Å². The van der Waals surface area contributed by atoms with Gasteiger partial charge in [0.15, 0.2) is 0 Å². The first kappa shape index (κ1) is 16.4. The van der Waals surface area contributed by atoms with E-state index in [1.807, 2.05) is 23.1 Å². The fourth-order valence-corrected chi connectivity index (χ4v) is 2.86. The van der Waals surface area contributed by atoms with E-state index in [9.17, 15) is 4.79 Å². The lowest BCUT2D eigenvalue weighted by atomic mass is 9.99. The molecule has 1 amide bonds. The van der Waals surface area contributed by atoms with Gasteiger partial charge in [0.1, 0.15) is 12.4 Å². The summed E-state index contributed by atoms with van der Waals surface area (Å²) in [7, 11) is 0. The lowest BCUT2D eigenvalue weighted by Crippen LogP contribution is -2.39. The molecule has 0 bridgehead atoms. The highest BCUT2D eigenvalue weighted by atomic mass is 16.5. The van der Waals surface area contributed by atoms with Gasteiger partial charge in [-0.3, -0.25) is 4.79 Å². The van der Waals surface area contributed by atoms with Gasteiger partial charge in [0, 0.05) is 19.5 Å². The fraction of sp³-hybridized carbons (Fsp3) is 0.500. The van der Waals surface area contributed by atoms with Gasteiger partial charge in [-0.05, 0) is 42.9 Å². The molecule has 1 fully saturated rings. The first-order chi connectivity index (χ1) is 10.6. The molecule has 1 aliphatic heterocycles. The summed E-state index contributed by atoms with van der Waals surface area (Å²) in [5.74, 6) is 1.53. The molecule has 4 nitrogen and oxygen atoms in total. The van der Waals surface area contributed by atoms with Crippen LogP contribution in [0.3, 0.4) is 0 Å². The highest BCUT2D eigenvalue weighted by molar-refractivity contribution is 5.76. The van der Waals surface area contributed by atoms with Gasteiger partial charge in [0.05, 0.1) is 5.69 Å². The Balaban J connectivity index is 1.87. The van der Waals surface area contributed by atoms with Gasteiger partial charge in [-0.2, -0.15) is 0 Å². The summed E-state index contributed by atoms with van der Waals surface area (Å²) in [5.41, 5.74) is 7.66.